The van der Waals surface area contributed by atoms with Crippen molar-refractivity contribution >= 4 is 5.91 Å². The summed E-state index contributed by atoms with van der Waals surface area (Å²) in [6.07, 6.45) is 1.90. The topological polar surface area (TPSA) is 81.1 Å². The van der Waals surface area contributed by atoms with Crippen LogP contribution in [0.5, 0.6) is 5.75 Å². The highest BCUT2D eigenvalue weighted by Gasteiger charge is 2.25. The highest BCUT2D eigenvalue weighted by atomic mass is 19.1. The molecule has 2 N–H and O–H groups in total. The number of methoxy groups -OCH3 is 1. The summed E-state index contributed by atoms with van der Waals surface area (Å²) < 4.78 is 21.2. The van der Waals surface area contributed by atoms with Crippen molar-refractivity contribution in [3.05, 3.63) is 41.0 Å². The Hall–Kier alpha value is -2.48. The number of aromatic nitrogens is 3. The van der Waals surface area contributed by atoms with Crippen LogP contribution in [-0.4, -0.2) is 41.1 Å². The first kappa shape index (κ1) is 18.3. The Kier molecular flexibility index (Phi) is 5.51. The second kappa shape index (κ2) is 7.82. The number of carbonyl (C=O) groups is 1. The molecule has 0 spiro atoms. The minimum absolute atomic E-state index is 0.245. The van der Waals surface area contributed by atoms with E-state index < -0.39 is 11.9 Å². The van der Waals surface area contributed by atoms with E-state index in [1.54, 1.807) is 19.1 Å². The monoisotopic (exact) mass is 361 g/mol. The number of ether oxygens (including phenoxy) is 1. The van der Waals surface area contributed by atoms with Crippen molar-refractivity contribution < 1.29 is 13.9 Å². The predicted octanol–water partition coefficient (Wildman–Crippen LogP) is 2.15. The van der Waals surface area contributed by atoms with E-state index in [0.29, 0.717) is 11.3 Å². The highest BCUT2D eigenvalue weighted by molar-refractivity contribution is 5.93. The molecule has 0 aliphatic carbocycles. The minimum Gasteiger partial charge on any atom is -0.496 e. The third-order valence-electron chi connectivity index (χ3n) is 4.81. The molecule has 7 nitrogen and oxygen atoms in total. The van der Waals surface area contributed by atoms with Gasteiger partial charge in [-0.25, -0.2) is 9.07 Å². The van der Waals surface area contributed by atoms with Crippen LogP contribution < -0.4 is 15.4 Å². The average Bonchev–Trinajstić information content (AvgIpc) is 3.03. The van der Waals surface area contributed by atoms with Gasteiger partial charge in [-0.2, -0.15) is 0 Å². The first-order valence-corrected chi connectivity index (χ1v) is 8.78. The minimum atomic E-state index is -0.568. The third-order valence-corrected chi connectivity index (χ3v) is 4.81. The zero-order valence-corrected chi connectivity index (χ0v) is 15.3. The second-order valence-corrected chi connectivity index (χ2v) is 6.50. The van der Waals surface area contributed by atoms with Crippen LogP contribution in [-0.2, 0) is 0 Å². The molecule has 8 heteroatoms. The quantitative estimate of drug-likeness (QED) is 0.853. The molecule has 1 atom stereocenters. The molecule has 1 amide bonds. The van der Waals surface area contributed by atoms with E-state index in [0.717, 1.165) is 31.6 Å². The smallest absolute Gasteiger partial charge is 0.274 e. The van der Waals surface area contributed by atoms with Crippen LogP contribution in [0.3, 0.4) is 0 Å². The SMILES string of the molecule is COc1cccc(F)c1C(C)NC(=O)c1nnn(C2CCNCC2)c1C. The summed E-state index contributed by atoms with van der Waals surface area (Å²) in [4.78, 5) is 12.7. The molecule has 2 heterocycles. The van der Waals surface area contributed by atoms with Crippen LogP contribution in [0.4, 0.5) is 4.39 Å². The predicted molar refractivity (Wildman–Crippen MR) is 94.7 cm³/mol. The maximum Gasteiger partial charge on any atom is 0.274 e. The van der Waals surface area contributed by atoms with E-state index >= 15 is 0 Å². The van der Waals surface area contributed by atoms with Crippen molar-refractivity contribution in [1.82, 2.24) is 25.6 Å². The summed E-state index contributed by atoms with van der Waals surface area (Å²) in [6.45, 7) is 5.40. The molecule has 0 saturated carbocycles. The summed E-state index contributed by atoms with van der Waals surface area (Å²) in [5.41, 5.74) is 1.31. The second-order valence-electron chi connectivity index (χ2n) is 6.50. The lowest BCUT2D eigenvalue weighted by Crippen LogP contribution is -2.31. The Labute approximate surface area is 151 Å². The number of hydrogen-bond donors (Lipinski definition) is 2. The van der Waals surface area contributed by atoms with E-state index in [1.165, 1.54) is 13.2 Å². The zero-order chi connectivity index (χ0) is 18.7. The molecular weight excluding hydrogens is 337 g/mol. The average molecular weight is 361 g/mol. The highest BCUT2D eigenvalue weighted by Crippen LogP contribution is 2.28. The van der Waals surface area contributed by atoms with E-state index in [-0.39, 0.29) is 17.6 Å². The fraction of sp³-hybridized carbons (Fsp3) is 0.500. The van der Waals surface area contributed by atoms with Gasteiger partial charge in [-0.15, -0.1) is 5.10 Å². The lowest BCUT2D eigenvalue weighted by Gasteiger charge is -2.23. The van der Waals surface area contributed by atoms with Gasteiger partial charge in [0.25, 0.3) is 5.91 Å². The van der Waals surface area contributed by atoms with E-state index in [9.17, 15) is 9.18 Å². The van der Waals surface area contributed by atoms with Crippen molar-refractivity contribution in [3.8, 4) is 5.75 Å². The van der Waals surface area contributed by atoms with E-state index in [4.69, 9.17) is 4.74 Å². The number of piperidine rings is 1. The molecule has 0 bridgehead atoms. The molecule has 0 radical (unpaired) electrons. The lowest BCUT2D eigenvalue weighted by molar-refractivity contribution is 0.0933. The Morgan fingerprint density at radius 2 is 2.15 bits per heavy atom. The van der Waals surface area contributed by atoms with Crippen LogP contribution in [0.1, 0.15) is 53.6 Å². The molecule has 1 unspecified atom stereocenters. The maximum absolute atomic E-state index is 14.2. The van der Waals surface area contributed by atoms with Crippen LogP contribution >= 0.6 is 0 Å². The zero-order valence-electron chi connectivity index (χ0n) is 15.3. The summed E-state index contributed by atoms with van der Waals surface area (Å²) in [5.74, 6) is -0.402. The maximum atomic E-state index is 14.2. The first-order valence-electron chi connectivity index (χ1n) is 8.78. The van der Waals surface area contributed by atoms with Crippen molar-refractivity contribution in [3.63, 3.8) is 0 Å². The molecule has 1 fully saturated rings. The molecule has 1 aliphatic heterocycles. The molecule has 1 aromatic heterocycles. The van der Waals surface area contributed by atoms with Crippen molar-refractivity contribution in [2.45, 2.75) is 38.8 Å². The summed E-state index contributed by atoms with van der Waals surface area (Å²) in [7, 11) is 1.47. The van der Waals surface area contributed by atoms with Gasteiger partial charge in [0.1, 0.15) is 11.6 Å². The molecular formula is C18H24FN5O2. The Morgan fingerprint density at radius 3 is 2.85 bits per heavy atom. The van der Waals surface area contributed by atoms with Gasteiger partial charge in [0.2, 0.25) is 0 Å². The lowest BCUT2D eigenvalue weighted by atomic mass is 10.1. The molecule has 26 heavy (non-hydrogen) atoms. The number of halogens is 1. The molecule has 140 valence electrons. The normalized spacial score (nSPS) is 16.3. The Morgan fingerprint density at radius 1 is 1.42 bits per heavy atom. The fourth-order valence-corrected chi connectivity index (χ4v) is 3.40. The number of rotatable bonds is 5. The number of hydrogen-bond acceptors (Lipinski definition) is 5. The number of nitrogens with one attached hydrogen (secondary N) is 2. The Bertz CT molecular complexity index is 786. The standard InChI is InChI=1S/C18H24FN5O2/c1-11(16-14(19)5-4-6-15(16)26-3)21-18(25)17-12(2)24(23-22-17)13-7-9-20-10-8-13/h4-6,11,13,20H,7-10H2,1-3H3,(H,21,25). The van der Waals surface area contributed by atoms with Crippen molar-refractivity contribution in [1.29, 1.82) is 0 Å². The number of amides is 1. The van der Waals surface area contributed by atoms with Gasteiger partial charge in [0, 0.05) is 0 Å². The van der Waals surface area contributed by atoms with Crippen LogP contribution in [0, 0.1) is 12.7 Å². The Balaban J connectivity index is 1.77. The molecule has 1 aliphatic rings. The van der Waals surface area contributed by atoms with Crippen LogP contribution in [0.15, 0.2) is 18.2 Å². The van der Waals surface area contributed by atoms with Crippen LogP contribution in [0.2, 0.25) is 0 Å². The third kappa shape index (κ3) is 3.55. The summed E-state index contributed by atoms with van der Waals surface area (Å²) in [5, 5.41) is 14.3. The van der Waals surface area contributed by atoms with Gasteiger partial charge in [-0.1, -0.05) is 11.3 Å². The summed E-state index contributed by atoms with van der Waals surface area (Å²) in [6, 6.07) is 4.26. The first-order chi connectivity index (χ1) is 12.5. The number of nitrogens with zero attached hydrogens (tertiary/aromatic N) is 3. The van der Waals surface area contributed by atoms with E-state index in [1.807, 2.05) is 11.6 Å². The number of carbonyl (C=O) groups excluding carboxylic acids is 1. The molecule has 1 aromatic carbocycles. The van der Waals surface area contributed by atoms with Gasteiger partial charge in [0.05, 0.1) is 30.5 Å². The van der Waals surface area contributed by atoms with Gasteiger partial charge in [-0.3, -0.25) is 4.79 Å². The largest absolute Gasteiger partial charge is 0.496 e. The molecule has 2 aromatic rings. The number of benzene rings is 1. The van der Waals surface area contributed by atoms with Gasteiger partial charge >= 0.3 is 0 Å². The van der Waals surface area contributed by atoms with Gasteiger partial charge in [0.15, 0.2) is 5.69 Å². The summed E-state index contributed by atoms with van der Waals surface area (Å²) >= 11 is 0. The molecule has 3 rings (SSSR count). The van der Waals surface area contributed by atoms with Gasteiger partial charge < -0.3 is 15.4 Å². The van der Waals surface area contributed by atoms with E-state index in [2.05, 4.69) is 20.9 Å². The fourth-order valence-electron chi connectivity index (χ4n) is 3.40. The van der Waals surface area contributed by atoms with Gasteiger partial charge in [-0.05, 0) is 51.9 Å². The molecule has 1 saturated heterocycles. The van der Waals surface area contributed by atoms with Crippen molar-refractivity contribution in [2.24, 2.45) is 0 Å². The van der Waals surface area contributed by atoms with Crippen molar-refractivity contribution in [2.75, 3.05) is 20.2 Å². The van der Waals surface area contributed by atoms with Crippen LogP contribution in [0.25, 0.3) is 0 Å².